The second kappa shape index (κ2) is 6.02. The molecule has 20 heavy (non-hydrogen) atoms. The predicted octanol–water partition coefficient (Wildman–Crippen LogP) is 2.85. The monoisotopic (exact) mass is 281 g/mol. The van der Waals surface area contributed by atoms with Gasteiger partial charge in [-0.3, -0.25) is 16.3 Å². The molecule has 6 heteroatoms. The molecule has 0 aliphatic rings. The van der Waals surface area contributed by atoms with Gasteiger partial charge in [0.25, 0.3) is 0 Å². The van der Waals surface area contributed by atoms with Gasteiger partial charge in [0.15, 0.2) is 0 Å². The average Bonchev–Trinajstić information content (AvgIpc) is 2.45. The summed E-state index contributed by atoms with van der Waals surface area (Å²) in [5, 5.41) is 0. The third kappa shape index (κ3) is 3.34. The number of hydrazine groups is 1. The molecule has 3 N–H and O–H groups in total. The van der Waals surface area contributed by atoms with E-state index < -0.39 is 17.8 Å². The Morgan fingerprint density at radius 3 is 2.50 bits per heavy atom. The second-order valence-electron chi connectivity index (χ2n) is 4.37. The van der Waals surface area contributed by atoms with Crippen molar-refractivity contribution in [2.45, 2.75) is 18.6 Å². The Labute approximate surface area is 114 Å². The van der Waals surface area contributed by atoms with E-state index in [-0.39, 0.29) is 5.56 Å². The Hall–Kier alpha value is -1.92. The molecule has 2 aromatic rings. The molecular weight excluding hydrogens is 267 g/mol. The Bertz CT molecular complexity index is 555. The minimum atomic E-state index is -4.40. The topological polar surface area (TPSA) is 50.9 Å². The van der Waals surface area contributed by atoms with Crippen molar-refractivity contribution in [3.05, 3.63) is 65.5 Å². The van der Waals surface area contributed by atoms with Crippen LogP contribution in [0, 0.1) is 0 Å². The van der Waals surface area contributed by atoms with E-state index in [0.717, 1.165) is 11.6 Å². The minimum Gasteiger partial charge on any atom is -0.271 e. The van der Waals surface area contributed by atoms with E-state index in [2.05, 4.69) is 10.4 Å². The van der Waals surface area contributed by atoms with Crippen LogP contribution in [0.3, 0.4) is 0 Å². The molecule has 0 radical (unpaired) electrons. The fourth-order valence-corrected chi connectivity index (χ4v) is 2.07. The molecule has 1 unspecified atom stereocenters. The van der Waals surface area contributed by atoms with E-state index in [9.17, 15) is 13.2 Å². The molecule has 1 aromatic heterocycles. The predicted molar refractivity (Wildman–Crippen MR) is 69.4 cm³/mol. The van der Waals surface area contributed by atoms with Gasteiger partial charge in [-0.05, 0) is 29.7 Å². The van der Waals surface area contributed by atoms with Crippen LogP contribution in [0.5, 0.6) is 0 Å². The zero-order valence-electron chi connectivity index (χ0n) is 10.6. The Kier molecular flexibility index (Phi) is 4.36. The average molecular weight is 281 g/mol. The van der Waals surface area contributed by atoms with Crippen LogP contribution in [0.25, 0.3) is 0 Å². The molecule has 0 aliphatic heterocycles. The molecule has 0 saturated carbocycles. The normalized spacial score (nSPS) is 13.2. The van der Waals surface area contributed by atoms with Gasteiger partial charge in [0.1, 0.15) is 0 Å². The number of nitrogens with two attached hydrogens (primary N) is 1. The highest BCUT2D eigenvalue weighted by Gasteiger charge is 2.34. The highest BCUT2D eigenvalue weighted by molar-refractivity contribution is 5.33. The minimum absolute atomic E-state index is 0.131. The maximum atomic E-state index is 13.0. The number of hydrogen-bond donors (Lipinski definition) is 2. The van der Waals surface area contributed by atoms with Gasteiger partial charge < -0.3 is 0 Å². The summed E-state index contributed by atoms with van der Waals surface area (Å²) < 4.78 is 39.0. The maximum Gasteiger partial charge on any atom is 0.416 e. The number of rotatable bonds is 4. The number of nitrogens with zero attached hydrogens (tertiary/aromatic N) is 1. The Morgan fingerprint density at radius 2 is 1.90 bits per heavy atom. The first-order chi connectivity index (χ1) is 9.52. The van der Waals surface area contributed by atoms with Crippen LogP contribution in [0.2, 0.25) is 0 Å². The summed E-state index contributed by atoms with van der Waals surface area (Å²) >= 11 is 0. The number of nitrogens with one attached hydrogen (secondary N) is 1. The van der Waals surface area contributed by atoms with Crippen LogP contribution in [0.1, 0.15) is 22.7 Å². The van der Waals surface area contributed by atoms with Crippen molar-refractivity contribution in [2.24, 2.45) is 5.84 Å². The van der Waals surface area contributed by atoms with E-state index in [1.807, 2.05) is 0 Å². The largest absolute Gasteiger partial charge is 0.416 e. The number of aromatic nitrogens is 1. The van der Waals surface area contributed by atoms with Crippen LogP contribution in [0.15, 0.2) is 48.8 Å². The van der Waals surface area contributed by atoms with E-state index in [1.54, 1.807) is 30.6 Å². The van der Waals surface area contributed by atoms with Crippen LogP contribution in [-0.4, -0.2) is 4.98 Å². The third-order valence-corrected chi connectivity index (χ3v) is 3.01. The summed E-state index contributed by atoms with van der Waals surface area (Å²) in [6.45, 7) is 0. The van der Waals surface area contributed by atoms with Crippen LogP contribution < -0.4 is 11.3 Å². The summed E-state index contributed by atoms with van der Waals surface area (Å²) in [6.07, 6.45) is -0.851. The quantitative estimate of drug-likeness (QED) is 0.669. The first-order valence-corrected chi connectivity index (χ1v) is 6.03. The zero-order chi connectivity index (χ0) is 14.6. The molecule has 0 bridgehead atoms. The Balaban J connectivity index is 2.33. The van der Waals surface area contributed by atoms with Gasteiger partial charge in [-0.2, -0.15) is 13.2 Å². The molecule has 0 spiro atoms. The van der Waals surface area contributed by atoms with Crippen molar-refractivity contribution in [2.75, 3.05) is 0 Å². The summed E-state index contributed by atoms with van der Waals surface area (Å²) in [4.78, 5) is 3.95. The van der Waals surface area contributed by atoms with Crippen molar-refractivity contribution in [3.63, 3.8) is 0 Å². The first kappa shape index (κ1) is 14.5. The lowest BCUT2D eigenvalue weighted by molar-refractivity contribution is -0.138. The fraction of sp³-hybridized carbons (Fsp3) is 0.214. The van der Waals surface area contributed by atoms with Crippen LogP contribution >= 0.6 is 0 Å². The van der Waals surface area contributed by atoms with Crippen LogP contribution in [0.4, 0.5) is 13.2 Å². The molecule has 3 nitrogen and oxygen atoms in total. The highest BCUT2D eigenvalue weighted by atomic mass is 19.4. The van der Waals surface area contributed by atoms with Crippen LogP contribution in [-0.2, 0) is 12.6 Å². The number of hydrogen-bond acceptors (Lipinski definition) is 3. The number of halogens is 3. The highest BCUT2D eigenvalue weighted by Crippen LogP contribution is 2.35. The fourth-order valence-electron chi connectivity index (χ4n) is 2.07. The van der Waals surface area contributed by atoms with Gasteiger partial charge in [-0.1, -0.05) is 24.3 Å². The molecule has 1 heterocycles. The SMILES string of the molecule is NNC(Cc1cccnc1)c1ccccc1C(F)(F)F. The smallest absolute Gasteiger partial charge is 0.271 e. The van der Waals surface area contributed by atoms with Crippen molar-refractivity contribution < 1.29 is 13.2 Å². The lowest BCUT2D eigenvalue weighted by Crippen LogP contribution is -2.31. The molecular formula is C14H14F3N3. The van der Waals surface area contributed by atoms with E-state index >= 15 is 0 Å². The molecule has 1 aromatic carbocycles. The lowest BCUT2D eigenvalue weighted by Gasteiger charge is -2.21. The van der Waals surface area contributed by atoms with Crippen molar-refractivity contribution in [1.29, 1.82) is 0 Å². The summed E-state index contributed by atoms with van der Waals surface area (Å²) in [7, 11) is 0. The van der Waals surface area contributed by atoms with E-state index in [1.165, 1.54) is 12.1 Å². The van der Waals surface area contributed by atoms with Gasteiger partial charge in [-0.25, -0.2) is 0 Å². The molecule has 2 rings (SSSR count). The first-order valence-electron chi connectivity index (χ1n) is 6.03. The number of pyridine rings is 1. The number of alkyl halides is 3. The van der Waals surface area contributed by atoms with E-state index in [0.29, 0.717) is 6.42 Å². The van der Waals surface area contributed by atoms with Gasteiger partial charge >= 0.3 is 6.18 Å². The maximum absolute atomic E-state index is 13.0. The summed E-state index contributed by atoms with van der Waals surface area (Å²) in [5.41, 5.74) is 2.72. The lowest BCUT2D eigenvalue weighted by atomic mass is 9.95. The zero-order valence-corrected chi connectivity index (χ0v) is 10.6. The Morgan fingerprint density at radius 1 is 1.15 bits per heavy atom. The molecule has 0 saturated heterocycles. The third-order valence-electron chi connectivity index (χ3n) is 3.01. The van der Waals surface area contributed by atoms with Gasteiger partial charge in [0, 0.05) is 12.4 Å². The van der Waals surface area contributed by atoms with Gasteiger partial charge in [0.2, 0.25) is 0 Å². The molecule has 1 atom stereocenters. The molecule has 106 valence electrons. The standard InChI is InChI=1S/C14H14F3N3/c15-14(16,17)12-6-2-1-5-11(12)13(20-18)8-10-4-3-7-19-9-10/h1-7,9,13,20H,8,18H2. The van der Waals surface area contributed by atoms with E-state index in [4.69, 9.17) is 5.84 Å². The molecule has 0 aliphatic carbocycles. The van der Waals surface area contributed by atoms with Gasteiger partial charge in [0.05, 0.1) is 11.6 Å². The van der Waals surface area contributed by atoms with Crippen molar-refractivity contribution in [3.8, 4) is 0 Å². The molecule has 0 amide bonds. The van der Waals surface area contributed by atoms with Crippen molar-refractivity contribution in [1.82, 2.24) is 10.4 Å². The molecule has 0 fully saturated rings. The van der Waals surface area contributed by atoms with Gasteiger partial charge in [-0.15, -0.1) is 0 Å². The van der Waals surface area contributed by atoms with Crippen molar-refractivity contribution >= 4 is 0 Å². The summed E-state index contributed by atoms with van der Waals surface area (Å²) in [5.74, 6) is 5.43. The summed E-state index contributed by atoms with van der Waals surface area (Å²) in [6, 6.07) is 8.33. The second-order valence-corrected chi connectivity index (χ2v) is 4.37. The number of benzene rings is 1.